The number of rotatable bonds is 4. The van der Waals surface area contributed by atoms with Crippen molar-refractivity contribution < 1.29 is 5.11 Å². The van der Waals surface area contributed by atoms with Crippen molar-refractivity contribution in [3.63, 3.8) is 0 Å². The molecule has 0 aliphatic carbocycles. The number of nitrogens with zero attached hydrogens (tertiary/aromatic N) is 1. The number of hydrogen-bond acceptors (Lipinski definition) is 4. The quantitative estimate of drug-likeness (QED) is 0.692. The molecule has 2 rings (SSSR count). The predicted molar refractivity (Wildman–Crippen MR) is 68.6 cm³/mol. The van der Waals surface area contributed by atoms with Gasteiger partial charge in [-0.15, -0.1) is 0 Å². The van der Waals surface area contributed by atoms with E-state index in [0.29, 0.717) is 0 Å². The van der Waals surface area contributed by atoms with E-state index in [-0.39, 0.29) is 12.6 Å². The lowest BCUT2D eigenvalue weighted by atomic mass is 10.0. The maximum absolute atomic E-state index is 9.17. The Morgan fingerprint density at radius 3 is 2.71 bits per heavy atom. The van der Waals surface area contributed by atoms with Crippen LogP contribution in [0.15, 0.2) is 24.3 Å². The van der Waals surface area contributed by atoms with Gasteiger partial charge in [0.2, 0.25) is 0 Å². The van der Waals surface area contributed by atoms with Crippen LogP contribution < -0.4 is 11.1 Å². The second-order valence-electron chi connectivity index (χ2n) is 4.51. The second-order valence-corrected chi connectivity index (χ2v) is 4.51. The van der Waals surface area contributed by atoms with Gasteiger partial charge in [-0.25, -0.2) is 0 Å². The Hall–Kier alpha value is -0.940. The lowest BCUT2D eigenvalue weighted by Crippen LogP contribution is -2.43. The maximum atomic E-state index is 9.17. The minimum atomic E-state index is -0.269. The minimum Gasteiger partial charge on any atom is -0.394 e. The molecule has 94 valence electrons. The second kappa shape index (κ2) is 6.12. The first-order valence-electron chi connectivity index (χ1n) is 6.18. The molecule has 0 spiro atoms. The largest absolute Gasteiger partial charge is 0.394 e. The fourth-order valence-electron chi connectivity index (χ4n) is 2.25. The Labute approximate surface area is 102 Å². The van der Waals surface area contributed by atoms with Crippen molar-refractivity contribution in [3.05, 3.63) is 35.4 Å². The zero-order valence-corrected chi connectivity index (χ0v) is 10.1. The molecule has 0 unspecified atom stereocenters. The Kier molecular flexibility index (Phi) is 4.50. The molecule has 4 heteroatoms. The SMILES string of the molecule is N[C@H](CO)c1ccccc1CN1CCNCC1. The molecule has 1 aliphatic heterocycles. The Bertz CT molecular complexity index is 350. The van der Waals surface area contributed by atoms with E-state index in [0.717, 1.165) is 38.3 Å². The average molecular weight is 235 g/mol. The van der Waals surface area contributed by atoms with E-state index in [1.54, 1.807) is 0 Å². The van der Waals surface area contributed by atoms with Crippen LogP contribution in [0.1, 0.15) is 17.2 Å². The third-order valence-electron chi connectivity index (χ3n) is 3.25. The molecule has 1 heterocycles. The van der Waals surface area contributed by atoms with Crippen LogP contribution in [0.5, 0.6) is 0 Å². The number of aliphatic hydroxyl groups is 1. The summed E-state index contributed by atoms with van der Waals surface area (Å²) in [4.78, 5) is 2.42. The van der Waals surface area contributed by atoms with E-state index in [2.05, 4.69) is 16.3 Å². The van der Waals surface area contributed by atoms with Crippen molar-refractivity contribution in [2.45, 2.75) is 12.6 Å². The number of nitrogens with two attached hydrogens (primary N) is 1. The fraction of sp³-hybridized carbons (Fsp3) is 0.538. The summed E-state index contributed by atoms with van der Waals surface area (Å²) >= 11 is 0. The molecule has 1 fully saturated rings. The monoisotopic (exact) mass is 235 g/mol. The number of hydrogen-bond donors (Lipinski definition) is 3. The Morgan fingerprint density at radius 1 is 1.29 bits per heavy atom. The average Bonchev–Trinajstić information content (AvgIpc) is 2.40. The first kappa shape index (κ1) is 12.5. The van der Waals surface area contributed by atoms with E-state index in [1.807, 2.05) is 18.2 Å². The summed E-state index contributed by atoms with van der Waals surface area (Å²) in [5.74, 6) is 0. The van der Waals surface area contributed by atoms with Gasteiger partial charge in [-0.2, -0.15) is 0 Å². The third kappa shape index (κ3) is 3.26. The summed E-state index contributed by atoms with van der Waals surface area (Å²) in [6.07, 6.45) is 0. The highest BCUT2D eigenvalue weighted by Crippen LogP contribution is 2.17. The molecular weight excluding hydrogens is 214 g/mol. The lowest BCUT2D eigenvalue weighted by Gasteiger charge is -2.28. The van der Waals surface area contributed by atoms with Gasteiger partial charge in [-0.1, -0.05) is 24.3 Å². The molecule has 0 radical (unpaired) electrons. The Balaban J connectivity index is 2.08. The van der Waals surface area contributed by atoms with Crippen molar-refractivity contribution >= 4 is 0 Å². The van der Waals surface area contributed by atoms with E-state index < -0.39 is 0 Å². The summed E-state index contributed by atoms with van der Waals surface area (Å²) < 4.78 is 0. The topological polar surface area (TPSA) is 61.5 Å². The summed E-state index contributed by atoms with van der Waals surface area (Å²) in [6.45, 7) is 5.16. The van der Waals surface area contributed by atoms with Gasteiger partial charge in [0.05, 0.1) is 12.6 Å². The smallest absolute Gasteiger partial charge is 0.0624 e. The molecule has 0 aromatic heterocycles. The standard InChI is InChI=1S/C13H21N3O/c14-13(10-17)12-4-2-1-3-11(12)9-16-7-5-15-6-8-16/h1-4,13,15,17H,5-10,14H2/t13-/m1/s1. The van der Waals surface area contributed by atoms with Gasteiger partial charge in [0.25, 0.3) is 0 Å². The van der Waals surface area contributed by atoms with Crippen LogP contribution in [0.3, 0.4) is 0 Å². The number of benzene rings is 1. The van der Waals surface area contributed by atoms with Gasteiger partial charge >= 0.3 is 0 Å². The molecule has 1 aliphatic rings. The van der Waals surface area contributed by atoms with Gasteiger partial charge < -0.3 is 16.2 Å². The minimum absolute atomic E-state index is 0.00142. The van der Waals surface area contributed by atoms with Crippen molar-refractivity contribution in [3.8, 4) is 0 Å². The molecule has 17 heavy (non-hydrogen) atoms. The first-order valence-corrected chi connectivity index (χ1v) is 6.18. The van der Waals surface area contributed by atoms with Crippen LogP contribution in [0.25, 0.3) is 0 Å². The highest BCUT2D eigenvalue weighted by molar-refractivity contribution is 5.30. The van der Waals surface area contributed by atoms with Crippen molar-refractivity contribution in [1.29, 1.82) is 0 Å². The first-order chi connectivity index (χ1) is 8.31. The molecule has 1 atom stereocenters. The maximum Gasteiger partial charge on any atom is 0.0624 e. The molecule has 1 aromatic carbocycles. The number of piperazine rings is 1. The molecular formula is C13H21N3O. The normalized spacial score (nSPS) is 19.2. The van der Waals surface area contributed by atoms with E-state index >= 15 is 0 Å². The van der Waals surface area contributed by atoms with Gasteiger partial charge in [0.1, 0.15) is 0 Å². The number of nitrogens with one attached hydrogen (secondary N) is 1. The summed E-state index contributed by atoms with van der Waals surface area (Å²) in [5, 5.41) is 12.5. The summed E-state index contributed by atoms with van der Waals surface area (Å²) in [5.41, 5.74) is 8.22. The third-order valence-corrected chi connectivity index (χ3v) is 3.25. The van der Waals surface area contributed by atoms with Gasteiger partial charge in [0.15, 0.2) is 0 Å². The molecule has 0 bridgehead atoms. The van der Waals surface area contributed by atoms with Crippen LogP contribution >= 0.6 is 0 Å². The molecule has 4 N–H and O–H groups in total. The van der Waals surface area contributed by atoms with Gasteiger partial charge in [0, 0.05) is 32.7 Å². The van der Waals surface area contributed by atoms with Crippen LogP contribution in [-0.4, -0.2) is 42.8 Å². The highest BCUT2D eigenvalue weighted by atomic mass is 16.3. The van der Waals surface area contributed by atoms with Crippen molar-refractivity contribution in [2.75, 3.05) is 32.8 Å². The van der Waals surface area contributed by atoms with Crippen molar-refractivity contribution in [1.82, 2.24) is 10.2 Å². The zero-order chi connectivity index (χ0) is 12.1. The van der Waals surface area contributed by atoms with Gasteiger partial charge in [-0.3, -0.25) is 4.90 Å². The van der Waals surface area contributed by atoms with Crippen LogP contribution in [0.4, 0.5) is 0 Å². The van der Waals surface area contributed by atoms with E-state index in [4.69, 9.17) is 10.8 Å². The van der Waals surface area contributed by atoms with Crippen molar-refractivity contribution in [2.24, 2.45) is 5.73 Å². The molecule has 1 aromatic rings. The van der Waals surface area contributed by atoms with E-state index in [1.165, 1.54) is 5.56 Å². The summed E-state index contributed by atoms with van der Waals surface area (Å²) in [6, 6.07) is 7.86. The number of aliphatic hydroxyl groups excluding tert-OH is 1. The van der Waals surface area contributed by atoms with Gasteiger partial charge in [-0.05, 0) is 11.1 Å². The fourth-order valence-corrected chi connectivity index (χ4v) is 2.25. The van der Waals surface area contributed by atoms with E-state index in [9.17, 15) is 0 Å². The predicted octanol–water partition coefficient (Wildman–Crippen LogP) is 0.0839. The molecule has 0 saturated carbocycles. The zero-order valence-electron chi connectivity index (χ0n) is 10.1. The van der Waals surface area contributed by atoms with Crippen LogP contribution in [-0.2, 0) is 6.54 Å². The lowest BCUT2D eigenvalue weighted by molar-refractivity contribution is 0.230. The van der Waals surface area contributed by atoms with Crippen LogP contribution in [0, 0.1) is 0 Å². The van der Waals surface area contributed by atoms with Crippen LogP contribution in [0.2, 0.25) is 0 Å². The highest BCUT2D eigenvalue weighted by Gasteiger charge is 2.14. The Morgan fingerprint density at radius 2 is 2.00 bits per heavy atom. The molecule has 0 amide bonds. The molecule has 1 saturated heterocycles. The summed E-state index contributed by atoms with van der Waals surface area (Å²) in [7, 11) is 0. The molecule has 4 nitrogen and oxygen atoms in total.